The molecule has 0 radical (unpaired) electrons. The highest BCUT2D eigenvalue weighted by Crippen LogP contribution is 2.25. The molecule has 2 rings (SSSR count). The normalized spacial score (nSPS) is 12.2. The van der Waals surface area contributed by atoms with Gasteiger partial charge in [0.05, 0.1) is 6.20 Å². The Morgan fingerprint density at radius 3 is 2.80 bits per heavy atom. The highest BCUT2D eigenvalue weighted by atomic mass is 35.5. The molecule has 3 N–H and O–H groups in total. The molecule has 2 aromatic rings. The topological polar surface area (TPSA) is 87.1 Å². The molecule has 6 nitrogen and oxygen atoms in total. The maximum absolute atomic E-state index is 10.7. The number of nitrogens with zero attached hydrogens (tertiary/aromatic N) is 2. The van der Waals surface area contributed by atoms with Crippen LogP contribution in [-0.2, 0) is 17.8 Å². The number of para-hydroxylation sites is 1. The minimum Gasteiger partial charge on any atom is -0.339 e. The van der Waals surface area contributed by atoms with E-state index < -0.39 is 11.3 Å². The molecule has 1 aromatic heterocycles. The van der Waals surface area contributed by atoms with E-state index in [1.54, 1.807) is 12.1 Å². The van der Waals surface area contributed by atoms with Crippen molar-refractivity contribution < 1.29 is 8.76 Å². The number of nitrogens with one attached hydrogen (secondary N) is 2. The summed E-state index contributed by atoms with van der Waals surface area (Å²) >= 11 is 9.62. The Morgan fingerprint density at radius 1 is 1.30 bits per heavy atom. The second-order valence-electron chi connectivity index (χ2n) is 3.69. The van der Waals surface area contributed by atoms with Gasteiger partial charge in [-0.15, -0.1) is 0 Å². The van der Waals surface area contributed by atoms with Crippen molar-refractivity contribution in [2.75, 3.05) is 5.32 Å². The predicted molar refractivity (Wildman–Crippen MR) is 79.4 cm³/mol. The lowest BCUT2D eigenvalue weighted by Crippen LogP contribution is -2.16. The van der Waals surface area contributed by atoms with Crippen LogP contribution in [0.3, 0.4) is 0 Å². The molecule has 1 heterocycles. The fourth-order valence-corrected chi connectivity index (χ4v) is 2.05. The molecule has 0 fully saturated rings. The quantitative estimate of drug-likeness (QED) is 0.578. The van der Waals surface area contributed by atoms with Crippen LogP contribution in [0.2, 0.25) is 10.3 Å². The zero-order valence-corrected chi connectivity index (χ0v) is 12.3. The van der Waals surface area contributed by atoms with E-state index in [-0.39, 0.29) is 11.8 Å². The van der Waals surface area contributed by atoms with Crippen molar-refractivity contribution in [2.24, 2.45) is 0 Å². The number of halogens is 2. The minimum absolute atomic E-state index is 0.0731. The number of hydrogen-bond donors (Lipinski definition) is 3. The van der Waals surface area contributed by atoms with Crippen molar-refractivity contribution in [3.8, 4) is 0 Å². The second kappa shape index (κ2) is 6.96. The first kappa shape index (κ1) is 15.1. The molecule has 1 atom stereocenters. The fraction of sp³-hybridized carbons (Fsp3) is 0.0909. The van der Waals surface area contributed by atoms with Gasteiger partial charge < -0.3 is 5.32 Å². The van der Waals surface area contributed by atoms with Gasteiger partial charge in [-0.1, -0.05) is 29.8 Å². The third-order valence-electron chi connectivity index (χ3n) is 2.37. The van der Waals surface area contributed by atoms with E-state index >= 15 is 0 Å². The van der Waals surface area contributed by atoms with Crippen molar-refractivity contribution in [1.29, 1.82) is 0 Å². The van der Waals surface area contributed by atoms with Gasteiger partial charge in [-0.2, -0.15) is 4.98 Å². The summed E-state index contributed by atoms with van der Waals surface area (Å²) in [6, 6.07) is 7.23. The predicted octanol–water partition coefficient (Wildman–Crippen LogP) is 2.75. The SMILES string of the molecule is O=S(O)NCc1ccccc1Nc1nc(Cl)ncc1Cl. The van der Waals surface area contributed by atoms with E-state index in [9.17, 15) is 4.21 Å². The second-order valence-corrected chi connectivity index (χ2v) is 5.22. The molecule has 0 bridgehead atoms. The Bertz CT molecular complexity index is 642. The Hall–Kier alpha value is -1.25. The lowest BCUT2D eigenvalue weighted by molar-refractivity contribution is 0.549. The maximum atomic E-state index is 10.7. The lowest BCUT2D eigenvalue weighted by atomic mass is 10.2. The molecule has 0 spiro atoms. The standard InChI is InChI=1S/C11H10Cl2N4O2S/c12-8-6-14-11(13)17-10(8)16-9-4-2-1-3-7(9)5-15-20(18)19/h1-4,6,15H,5H2,(H,18,19)(H,14,16,17). The number of benzene rings is 1. The van der Waals surface area contributed by atoms with Gasteiger partial charge in [-0.05, 0) is 23.2 Å². The fourth-order valence-electron chi connectivity index (χ4n) is 1.50. The summed E-state index contributed by atoms with van der Waals surface area (Å²) in [4.78, 5) is 7.75. The molecular formula is C11H10Cl2N4O2S. The largest absolute Gasteiger partial charge is 0.339 e. The third-order valence-corrected chi connectivity index (χ3v) is 3.22. The maximum Gasteiger partial charge on any atom is 0.232 e. The summed E-state index contributed by atoms with van der Waals surface area (Å²) in [6.45, 7) is 0.211. The summed E-state index contributed by atoms with van der Waals surface area (Å²) in [7, 11) is 0. The molecule has 20 heavy (non-hydrogen) atoms. The molecule has 9 heteroatoms. The Kier molecular flexibility index (Phi) is 5.27. The first-order valence-electron chi connectivity index (χ1n) is 5.43. The van der Waals surface area contributed by atoms with Crippen molar-refractivity contribution in [2.45, 2.75) is 6.54 Å². The van der Waals surface area contributed by atoms with E-state index in [1.165, 1.54) is 6.20 Å². The molecule has 0 saturated carbocycles. The van der Waals surface area contributed by atoms with Crippen LogP contribution in [0.1, 0.15) is 5.56 Å². The minimum atomic E-state index is -2.08. The number of rotatable bonds is 5. The monoisotopic (exact) mass is 332 g/mol. The molecule has 0 saturated heterocycles. The van der Waals surface area contributed by atoms with Crippen LogP contribution in [0.4, 0.5) is 11.5 Å². The van der Waals surface area contributed by atoms with E-state index in [0.717, 1.165) is 5.56 Å². The third kappa shape index (κ3) is 4.12. The van der Waals surface area contributed by atoms with E-state index in [0.29, 0.717) is 16.5 Å². The molecule has 0 amide bonds. The van der Waals surface area contributed by atoms with Gasteiger partial charge >= 0.3 is 0 Å². The lowest BCUT2D eigenvalue weighted by Gasteiger charge is -2.12. The zero-order chi connectivity index (χ0) is 14.5. The average Bonchev–Trinajstić information content (AvgIpc) is 2.42. The molecule has 0 aliphatic rings. The summed E-state index contributed by atoms with van der Waals surface area (Å²) in [5, 5.41) is 3.41. The van der Waals surface area contributed by atoms with Crippen LogP contribution in [-0.4, -0.2) is 18.7 Å². The van der Waals surface area contributed by atoms with Gasteiger partial charge in [0.25, 0.3) is 0 Å². The molecule has 106 valence electrons. The molecule has 0 aliphatic heterocycles. The summed E-state index contributed by atoms with van der Waals surface area (Å²) in [5.74, 6) is 0.365. The molecular weight excluding hydrogens is 323 g/mol. The average molecular weight is 333 g/mol. The highest BCUT2D eigenvalue weighted by Gasteiger charge is 2.08. The van der Waals surface area contributed by atoms with Gasteiger partial charge in [0.1, 0.15) is 5.02 Å². The van der Waals surface area contributed by atoms with Crippen LogP contribution in [0.15, 0.2) is 30.5 Å². The van der Waals surface area contributed by atoms with Crippen LogP contribution in [0.25, 0.3) is 0 Å². The van der Waals surface area contributed by atoms with Crippen molar-refractivity contribution in [3.05, 3.63) is 46.3 Å². The Labute approximate surface area is 128 Å². The van der Waals surface area contributed by atoms with Crippen LogP contribution < -0.4 is 10.0 Å². The van der Waals surface area contributed by atoms with Gasteiger partial charge in [-0.25, -0.2) is 13.9 Å². The first-order valence-corrected chi connectivity index (χ1v) is 7.30. The first-order chi connectivity index (χ1) is 9.56. The Balaban J connectivity index is 2.24. The van der Waals surface area contributed by atoms with Crippen LogP contribution in [0, 0.1) is 0 Å². The van der Waals surface area contributed by atoms with E-state index in [4.69, 9.17) is 27.8 Å². The van der Waals surface area contributed by atoms with E-state index in [2.05, 4.69) is 20.0 Å². The smallest absolute Gasteiger partial charge is 0.232 e. The van der Waals surface area contributed by atoms with Crippen molar-refractivity contribution >= 4 is 46.0 Å². The van der Waals surface area contributed by atoms with Crippen molar-refractivity contribution in [1.82, 2.24) is 14.7 Å². The van der Waals surface area contributed by atoms with Crippen LogP contribution >= 0.6 is 23.2 Å². The zero-order valence-electron chi connectivity index (χ0n) is 10.0. The van der Waals surface area contributed by atoms with E-state index in [1.807, 2.05) is 12.1 Å². The summed E-state index contributed by atoms with van der Waals surface area (Å²) < 4.78 is 21.8. The molecule has 0 aliphatic carbocycles. The van der Waals surface area contributed by atoms with Crippen LogP contribution in [0.5, 0.6) is 0 Å². The van der Waals surface area contributed by atoms with Gasteiger partial charge in [0.2, 0.25) is 16.6 Å². The molecule has 1 unspecified atom stereocenters. The summed E-state index contributed by atoms with van der Waals surface area (Å²) in [6.07, 6.45) is 1.39. The van der Waals surface area contributed by atoms with Gasteiger partial charge in [0, 0.05) is 12.2 Å². The number of anilines is 2. The highest BCUT2D eigenvalue weighted by molar-refractivity contribution is 7.77. The van der Waals surface area contributed by atoms with Crippen molar-refractivity contribution in [3.63, 3.8) is 0 Å². The van der Waals surface area contributed by atoms with Gasteiger partial charge in [0.15, 0.2) is 5.82 Å². The summed E-state index contributed by atoms with van der Waals surface area (Å²) in [5.41, 5.74) is 1.47. The van der Waals surface area contributed by atoms with Gasteiger partial charge in [-0.3, -0.25) is 4.55 Å². The number of aromatic nitrogens is 2. The Morgan fingerprint density at radius 2 is 2.05 bits per heavy atom. The molecule has 1 aromatic carbocycles. The number of hydrogen-bond acceptors (Lipinski definition) is 4.